The molecule has 3 rings (SSSR count). The number of aryl methyl sites for hydroxylation is 1. The number of hydrogen-bond donors (Lipinski definition) is 1. The number of nitrogens with one attached hydrogen (secondary N) is 1. The van der Waals surface area contributed by atoms with Gasteiger partial charge in [0.15, 0.2) is 5.82 Å². The van der Waals surface area contributed by atoms with Gasteiger partial charge in [0.1, 0.15) is 6.04 Å². The molecule has 1 atom stereocenters. The topological polar surface area (TPSA) is 71.3 Å². The Labute approximate surface area is 133 Å². The lowest BCUT2D eigenvalue weighted by Crippen LogP contribution is -2.40. The van der Waals surface area contributed by atoms with E-state index in [4.69, 9.17) is 16.1 Å². The van der Waals surface area contributed by atoms with E-state index in [9.17, 15) is 4.79 Å². The number of benzene rings is 1. The summed E-state index contributed by atoms with van der Waals surface area (Å²) in [5, 5.41) is 7.77. The van der Waals surface area contributed by atoms with Crippen molar-refractivity contribution in [2.45, 2.75) is 25.8 Å². The fourth-order valence-corrected chi connectivity index (χ4v) is 2.76. The van der Waals surface area contributed by atoms with Gasteiger partial charge in [-0.3, -0.25) is 4.79 Å². The Balaban J connectivity index is 1.58. The van der Waals surface area contributed by atoms with Gasteiger partial charge in [0.25, 0.3) is 0 Å². The minimum Gasteiger partial charge on any atom is -0.373 e. The summed E-state index contributed by atoms with van der Waals surface area (Å²) >= 11 is 5.99. The molecule has 0 radical (unpaired) electrons. The van der Waals surface area contributed by atoms with Crippen molar-refractivity contribution in [2.75, 3.05) is 18.9 Å². The molecule has 0 bridgehead atoms. The molecule has 1 aliphatic rings. The molecule has 1 amide bonds. The van der Waals surface area contributed by atoms with E-state index in [2.05, 4.69) is 15.5 Å². The van der Waals surface area contributed by atoms with E-state index >= 15 is 0 Å². The average molecular weight is 321 g/mol. The molecule has 7 heteroatoms. The third-order valence-corrected chi connectivity index (χ3v) is 3.97. The third-order valence-electron chi connectivity index (χ3n) is 3.74. The van der Waals surface area contributed by atoms with E-state index in [1.54, 1.807) is 18.9 Å². The van der Waals surface area contributed by atoms with Crippen LogP contribution in [0.25, 0.3) is 0 Å². The number of carbonyl (C=O) groups is 1. The fourth-order valence-electron chi connectivity index (χ4n) is 2.57. The maximum absolute atomic E-state index is 12.5. The summed E-state index contributed by atoms with van der Waals surface area (Å²) in [6.45, 7) is 2.29. The van der Waals surface area contributed by atoms with Gasteiger partial charge in [-0.15, -0.1) is 0 Å². The summed E-state index contributed by atoms with van der Waals surface area (Å²) in [5.74, 6) is 1.20. The number of fused-ring (bicyclic) bond motifs is 1. The molecule has 0 fully saturated rings. The Morgan fingerprint density at radius 1 is 1.55 bits per heavy atom. The van der Waals surface area contributed by atoms with Crippen LogP contribution in [-0.2, 0) is 17.6 Å². The molecular weight excluding hydrogens is 304 g/mol. The average Bonchev–Trinajstić information content (AvgIpc) is 3.09. The van der Waals surface area contributed by atoms with Crippen LogP contribution in [0, 0.1) is 6.92 Å². The van der Waals surface area contributed by atoms with Crippen LogP contribution in [0.2, 0.25) is 5.02 Å². The number of amides is 1. The second kappa shape index (κ2) is 5.96. The Morgan fingerprint density at radius 2 is 2.36 bits per heavy atom. The van der Waals surface area contributed by atoms with Crippen LogP contribution < -0.4 is 5.32 Å². The second-order valence-electron chi connectivity index (χ2n) is 5.44. The maximum Gasteiger partial charge on any atom is 0.245 e. The highest BCUT2D eigenvalue weighted by Gasteiger charge is 2.28. The van der Waals surface area contributed by atoms with Gasteiger partial charge in [-0.2, -0.15) is 4.98 Å². The van der Waals surface area contributed by atoms with Crippen LogP contribution in [0.4, 0.5) is 5.69 Å². The van der Waals surface area contributed by atoms with Gasteiger partial charge in [0.2, 0.25) is 11.8 Å². The minimum atomic E-state index is -0.245. The molecule has 22 heavy (non-hydrogen) atoms. The van der Waals surface area contributed by atoms with Gasteiger partial charge in [-0.05, 0) is 23.8 Å². The Bertz CT molecular complexity index is 701. The van der Waals surface area contributed by atoms with Crippen molar-refractivity contribution in [3.63, 3.8) is 0 Å². The normalized spacial score (nSPS) is 16.2. The van der Waals surface area contributed by atoms with Crippen LogP contribution in [0.5, 0.6) is 0 Å². The van der Waals surface area contributed by atoms with E-state index in [0.29, 0.717) is 36.1 Å². The van der Waals surface area contributed by atoms with E-state index in [1.807, 2.05) is 18.2 Å². The molecule has 0 spiro atoms. The van der Waals surface area contributed by atoms with Crippen molar-refractivity contribution in [2.24, 2.45) is 0 Å². The second-order valence-corrected chi connectivity index (χ2v) is 5.88. The van der Waals surface area contributed by atoms with Crippen molar-refractivity contribution in [1.29, 1.82) is 0 Å². The summed E-state index contributed by atoms with van der Waals surface area (Å²) in [7, 11) is 1.78. The molecule has 0 saturated heterocycles. The van der Waals surface area contributed by atoms with Gasteiger partial charge in [-0.1, -0.05) is 16.8 Å². The molecule has 2 aromatic rings. The van der Waals surface area contributed by atoms with Crippen molar-refractivity contribution < 1.29 is 9.32 Å². The number of likely N-dealkylation sites (N-methyl/N-ethyl adjacent to an activating group) is 1. The summed E-state index contributed by atoms with van der Waals surface area (Å²) in [6.07, 6.45) is 1.23. The number of hydrogen-bond acceptors (Lipinski definition) is 5. The number of anilines is 1. The number of rotatable bonds is 4. The smallest absolute Gasteiger partial charge is 0.245 e. The number of carbonyl (C=O) groups excluding carboxylic acids is 1. The molecule has 1 aromatic carbocycles. The number of nitrogens with zero attached hydrogens (tertiary/aromatic N) is 3. The molecule has 1 aliphatic heterocycles. The zero-order valence-corrected chi connectivity index (χ0v) is 13.2. The van der Waals surface area contributed by atoms with Crippen LogP contribution in [0.1, 0.15) is 17.3 Å². The highest BCUT2D eigenvalue weighted by molar-refractivity contribution is 6.30. The Morgan fingerprint density at radius 3 is 3.09 bits per heavy atom. The molecule has 1 N–H and O–H groups in total. The zero-order chi connectivity index (χ0) is 15.7. The van der Waals surface area contributed by atoms with Crippen LogP contribution in [0.3, 0.4) is 0 Å². The first-order valence-electron chi connectivity index (χ1n) is 7.12. The van der Waals surface area contributed by atoms with Gasteiger partial charge < -0.3 is 14.7 Å². The standard InChI is InChI=1S/C15H17ClN4O2/c1-9-17-14(19-22-9)5-6-20(2)15(21)13-8-10-7-11(16)3-4-12(10)18-13/h3-4,7,13,18H,5-6,8H2,1-2H3/t13-/m0/s1. The Hall–Kier alpha value is -2.08. The lowest BCUT2D eigenvalue weighted by Gasteiger charge is -2.20. The highest BCUT2D eigenvalue weighted by atomic mass is 35.5. The molecule has 6 nitrogen and oxygen atoms in total. The summed E-state index contributed by atoms with van der Waals surface area (Å²) in [6, 6.07) is 5.39. The van der Waals surface area contributed by atoms with Crippen LogP contribution in [0.15, 0.2) is 22.7 Å². The molecular formula is C15H17ClN4O2. The predicted octanol–water partition coefficient (Wildman–Crippen LogP) is 2.07. The number of aromatic nitrogens is 2. The highest BCUT2D eigenvalue weighted by Crippen LogP contribution is 2.29. The largest absolute Gasteiger partial charge is 0.373 e. The molecule has 0 unspecified atom stereocenters. The third kappa shape index (κ3) is 3.06. The van der Waals surface area contributed by atoms with Gasteiger partial charge in [-0.25, -0.2) is 0 Å². The number of halogens is 1. The monoisotopic (exact) mass is 320 g/mol. The van der Waals surface area contributed by atoms with E-state index in [0.717, 1.165) is 11.3 Å². The molecule has 0 saturated carbocycles. The first kappa shape index (κ1) is 14.8. The van der Waals surface area contributed by atoms with E-state index in [-0.39, 0.29) is 11.9 Å². The molecule has 0 aliphatic carbocycles. The van der Waals surface area contributed by atoms with Crippen molar-refractivity contribution in [3.05, 3.63) is 40.5 Å². The van der Waals surface area contributed by atoms with E-state index in [1.165, 1.54) is 0 Å². The first-order valence-corrected chi connectivity index (χ1v) is 7.50. The van der Waals surface area contributed by atoms with Crippen LogP contribution in [-0.4, -0.2) is 40.6 Å². The van der Waals surface area contributed by atoms with E-state index < -0.39 is 0 Å². The van der Waals surface area contributed by atoms with Gasteiger partial charge >= 0.3 is 0 Å². The summed E-state index contributed by atoms with van der Waals surface area (Å²) < 4.78 is 4.92. The van der Waals surface area contributed by atoms with Crippen molar-refractivity contribution >= 4 is 23.2 Å². The van der Waals surface area contributed by atoms with Gasteiger partial charge in [0, 0.05) is 44.1 Å². The minimum absolute atomic E-state index is 0.0486. The quantitative estimate of drug-likeness (QED) is 0.933. The molecule has 2 heterocycles. The van der Waals surface area contributed by atoms with Crippen LogP contribution >= 0.6 is 11.6 Å². The molecule has 1 aromatic heterocycles. The zero-order valence-electron chi connectivity index (χ0n) is 12.5. The van der Waals surface area contributed by atoms with Gasteiger partial charge in [0.05, 0.1) is 0 Å². The SMILES string of the molecule is Cc1nc(CCN(C)C(=O)[C@@H]2Cc3cc(Cl)ccc3N2)no1. The fraction of sp³-hybridized carbons (Fsp3) is 0.400. The Kier molecular flexibility index (Phi) is 4.02. The van der Waals surface area contributed by atoms with Crippen molar-refractivity contribution in [3.8, 4) is 0 Å². The summed E-state index contributed by atoms with van der Waals surface area (Å²) in [5.41, 5.74) is 2.05. The first-order chi connectivity index (χ1) is 10.5. The predicted molar refractivity (Wildman–Crippen MR) is 82.9 cm³/mol. The van der Waals surface area contributed by atoms with Crippen molar-refractivity contribution in [1.82, 2.24) is 15.0 Å². The summed E-state index contributed by atoms with van der Waals surface area (Å²) in [4.78, 5) is 18.3. The lowest BCUT2D eigenvalue weighted by molar-refractivity contribution is -0.130. The maximum atomic E-state index is 12.5. The molecule has 116 valence electrons. The lowest BCUT2D eigenvalue weighted by atomic mass is 10.1.